The summed E-state index contributed by atoms with van der Waals surface area (Å²) in [5.74, 6) is -0.995. The molecule has 3 aromatic rings. The summed E-state index contributed by atoms with van der Waals surface area (Å²) in [6.45, 7) is 1.49. The second kappa shape index (κ2) is 8.55. The van der Waals surface area contributed by atoms with Crippen LogP contribution in [0.1, 0.15) is 17.3 Å². The van der Waals surface area contributed by atoms with Crippen molar-refractivity contribution in [3.05, 3.63) is 74.6 Å². The van der Waals surface area contributed by atoms with E-state index in [0.29, 0.717) is 10.4 Å². The number of nitrogens with one attached hydrogen (secondary N) is 1. The first kappa shape index (κ1) is 20.7. The zero-order valence-corrected chi connectivity index (χ0v) is 17.0. The number of hydrogen-bond donors (Lipinski definition) is 1. The molecule has 9 heteroatoms. The van der Waals surface area contributed by atoms with Gasteiger partial charge in [-0.1, -0.05) is 41.4 Å². The maximum atomic E-state index is 12.7. The number of fused-ring (bicyclic) bond motifs is 1. The maximum Gasteiger partial charge on any atom is 0.340 e. The number of benzene rings is 2. The number of hydrogen-bond acceptors (Lipinski definition) is 5. The van der Waals surface area contributed by atoms with Crippen LogP contribution in [-0.2, 0) is 9.53 Å². The number of halogens is 2. The van der Waals surface area contributed by atoms with Crippen LogP contribution in [0.2, 0.25) is 10.0 Å². The van der Waals surface area contributed by atoms with E-state index < -0.39 is 23.5 Å². The normalized spacial score (nSPS) is 11.7. The van der Waals surface area contributed by atoms with Crippen molar-refractivity contribution in [2.75, 3.05) is 12.5 Å². The number of rotatable bonds is 5. The molecule has 3 rings (SSSR count). The van der Waals surface area contributed by atoms with Gasteiger partial charge in [-0.05, 0) is 31.2 Å². The van der Waals surface area contributed by atoms with Gasteiger partial charge in [0.2, 0.25) is 0 Å². The van der Waals surface area contributed by atoms with Gasteiger partial charge in [0, 0.05) is 22.0 Å². The smallest absolute Gasteiger partial charge is 0.340 e. The Balaban J connectivity index is 1.90. The number of nitrogens with zero attached hydrogens (tertiary/aromatic N) is 1. The average Bonchev–Trinajstić information content (AvgIpc) is 2.71. The van der Waals surface area contributed by atoms with E-state index in [2.05, 4.69) is 5.43 Å². The van der Waals surface area contributed by atoms with E-state index in [4.69, 9.17) is 32.7 Å². The molecular formula is C20H16Cl2N2O5. The molecule has 0 saturated heterocycles. The van der Waals surface area contributed by atoms with Gasteiger partial charge in [0.1, 0.15) is 5.75 Å². The molecular weight excluding hydrogens is 419 g/mol. The van der Waals surface area contributed by atoms with Gasteiger partial charge in [0.05, 0.1) is 17.7 Å². The van der Waals surface area contributed by atoms with Gasteiger partial charge < -0.3 is 9.47 Å². The lowest BCUT2D eigenvalue weighted by molar-refractivity contribution is -0.123. The maximum absolute atomic E-state index is 12.7. The van der Waals surface area contributed by atoms with Crippen molar-refractivity contribution in [1.82, 2.24) is 4.68 Å². The Morgan fingerprint density at radius 3 is 2.45 bits per heavy atom. The third kappa shape index (κ3) is 4.36. The summed E-state index contributed by atoms with van der Waals surface area (Å²) < 4.78 is 11.3. The zero-order chi connectivity index (χ0) is 21.1. The molecule has 1 aromatic heterocycles. The third-order valence-electron chi connectivity index (χ3n) is 4.13. The Morgan fingerprint density at radius 1 is 1.10 bits per heavy atom. The number of amides is 1. The molecule has 0 aliphatic rings. The van der Waals surface area contributed by atoms with E-state index in [-0.39, 0.29) is 21.7 Å². The molecule has 0 unspecified atom stereocenters. The highest BCUT2D eigenvalue weighted by Gasteiger charge is 2.20. The topological polar surface area (TPSA) is 86.6 Å². The third-order valence-corrected chi connectivity index (χ3v) is 4.66. The molecule has 0 radical (unpaired) electrons. The van der Waals surface area contributed by atoms with E-state index >= 15 is 0 Å². The fourth-order valence-electron chi connectivity index (χ4n) is 2.67. The first-order valence-electron chi connectivity index (χ1n) is 8.47. The Labute approximate surface area is 175 Å². The first-order valence-corrected chi connectivity index (χ1v) is 9.22. The quantitative estimate of drug-likeness (QED) is 0.619. The van der Waals surface area contributed by atoms with Gasteiger partial charge in [-0.2, -0.15) is 0 Å². The monoisotopic (exact) mass is 434 g/mol. The number of carbonyl (C=O) groups is 2. The summed E-state index contributed by atoms with van der Waals surface area (Å²) in [4.78, 5) is 37.4. The molecule has 0 aliphatic heterocycles. The molecule has 1 N–H and O–H groups in total. The molecule has 29 heavy (non-hydrogen) atoms. The highest BCUT2D eigenvalue weighted by molar-refractivity contribution is 6.35. The molecule has 0 fully saturated rings. The molecule has 2 aromatic carbocycles. The van der Waals surface area contributed by atoms with Gasteiger partial charge in [-0.15, -0.1) is 0 Å². The minimum Gasteiger partial charge on any atom is -0.479 e. The number of ether oxygens (including phenoxy) is 2. The lowest BCUT2D eigenvalue weighted by Gasteiger charge is -2.17. The Bertz CT molecular complexity index is 1160. The van der Waals surface area contributed by atoms with E-state index in [1.54, 1.807) is 30.3 Å². The Hall–Kier alpha value is -3.03. The number of pyridine rings is 1. The lowest BCUT2D eigenvalue weighted by Crippen LogP contribution is -2.40. The molecule has 0 spiro atoms. The average molecular weight is 435 g/mol. The zero-order valence-electron chi connectivity index (χ0n) is 15.4. The van der Waals surface area contributed by atoms with Gasteiger partial charge in [-0.25, -0.2) is 9.47 Å². The highest BCUT2D eigenvalue weighted by atomic mass is 35.5. The van der Waals surface area contributed by atoms with Crippen LogP contribution in [0.3, 0.4) is 0 Å². The van der Waals surface area contributed by atoms with E-state index in [1.807, 2.05) is 0 Å². The van der Waals surface area contributed by atoms with Crippen LogP contribution < -0.4 is 15.7 Å². The van der Waals surface area contributed by atoms with Crippen LogP contribution >= 0.6 is 23.2 Å². The van der Waals surface area contributed by atoms with Crippen LogP contribution in [0.15, 0.2) is 53.5 Å². The first-order chi connectivity index (χ1) is 13.8. The predicted octanol–water partition coefficient (Wildman–Crippen LogP) is 3.63. The summed E-state index contributed by atoms with van der Waals surface area (Å²) in [5.41, 5.74) is 2.07. The number of carbonyl (C=O) groups excluding carboxylic acids is 2. The van der Waals surface area contributed by atoms with Crippen LogP contribution in [-0.4, -0.2) is 29.8 Å². The van der Waals surface area contributed by atoms with E-state index in [1.165, 1.54) is 32.4 Å². The minimum absolute atomic E-state index is 0.136. The molecule has 1 atom stereocenters. The summed E-state index contributed by atoms with van der Waals surface area (Å²) >= 11 is 11.9. The van der Waals surface area contributed by atoms with Crippen molar-refractivity contribution in [2.45, 2.75) is 13.0 Å². The number of esters is 1. The van der Waals surface area contributed by atoms with Crippen molar-refractivity contribution in [3.63, 3.8) is 0 Å². The van der Waals surface area contributed by atoms with E-state index in [9.17, 15) is 14.4 Å². The minimum atomic E-state index is -0.992. The molecule has 0 aliphatic carbocycles. The fraction of sp³-hybridized carbons (Fsp3) is 0.150. The van der Waals surface area contributed by atoms with Gasteiger partial charge in [0.15, 0.2) is 6.10 Å². The molecule has 0 bridgehead atoms. The number of methoxy groups -OCH3 is 1. The predicted molar refractivity (Wildman–Crippen MR) is 110 cm³/mol. The van der Waals surface area contributed by atoms with Crippen molar-refractivity contribution in [3.8, 4) is 5.75 Å². The van der Waals surface area contributed by atoms with Crippen LogP contribution in [0.5, 0.6) is 5.75 Å². The molecule has 1 amide bonds. The second-order valence-electron chi connectivity index (χ2n) is 6.07. The Morgan fingerprint density at radius 2 is 1.79 bits per heavy atom. The summed E-state index contributed by atoms with van der Waals surface area (Å²) in [5, 5.41) is 1.35. The van der Waals surface area contributed by atoms with Gasteiger partial charge in [0.25, 0.3) is 11.5 Å². The van der Waals surface area contributed by atoms with Crippen molar-refractivity contribution in [2.24, 2.45) is 0 Å². The van der Waals surface area contributed by atoms with Crippen molar-refractivity contribution < 1.29 is 19.1 Å². The summed E-state index contributed by atoms with van der Waals surface area (Å²) in [7, 11) is 1.23. The summed E-state index contributed by atoms with van der Waals surface area (Å²) in [6, 6.07) is 11.1. The van der Waals surface area contributed by atoms with Crippen LogP contribution in [0.4, 0.5) is 0 Å². The molecule has 1 heterocycles. The second-order valence-corrected chi connectivity index (χ2v) is 6.91. The highest BCUT2D eigenvalue weighted by Crippen LogP contribution is 2.28. The van der Waals surface area contributed by atoms with Crippen molar-refractivity contribution >= 4 is 45.9 Å². The SMILES string of the molecule is COC(=O)c1cn(NC(=O)[C@@H](C)Oc2ccc(Cl)cc2Cl)c(=O)c2ccccc12. The Kier molecular flexibility index (Phi) is 6.10. The van der Waals surface area contributed by atoms with Gasteiger partial charge >= 0.3 is 5.97 Å². The van der Waals surface area contributed by atoms with Crippen LogP contribution in [0.25, 0.3) is 10.8 Å². The lowest BCUT2D eigenvalue weighted by atomic mass is 10.1. The number of aromatic nitrogens is 1. The van der Waals surface area contributed by atoms with Crippen molar-refractivity contribution in [1.29, 1.82) is 0 Å². The molecule has 7 nitrogen and oxygen atoms in total. The van der Waals surface area contributed by atoms with Crippen LogP contribution in [0, 0.1) is 0 Å². The largest absolute Gasteiger partial charge is 0.479 e. The fourth-order valence-corrected chi connectivity index (χ4v) is 3.12. The molecule has 0 saturated carbocycles. The van der Waals surface area contributed by atoms with E-state index in [0.717, 1.165) is 4.68 Å². The molecule has 150 valence electrons. The standard InChI is InChI=1S/C20H16Cl2N2O5/c1-11(29-17-8-7-12(21)9-16(17)22)18(25)23-24-10-15(20(27)28-2)13-5-3-4-6-14(13)19(24)26/h3-11H,1-2H3,(H,23,25)/t11-/m1/s1. The van der Waals surface area contributed by atoms with Gasteiger partial charge in [-0.3, -0.25) is 15.0 Å². The summed E-state index contributed by atoms with van der Waals surface area (Å²) in [6.07, 6.45) is 0.227.